The largest absolute Gasteiger partial charge is 1.00 e. The number of halogens is 1. The van der Waals surface area contributed by atoms with E-state index in [1.165, 1.54) is 41.0 Å². The van der Waals surface area contributed by atoms with Gasteiger partial charge in [-0.25, -0.2) is 10.3 Å². The smallest absolute Gasteiger partial charge is 1.00 e. The third-order valence-corrected chi connectivity index (χ3v) is 19.1. The number of nitriles is 2. The second kappa shape index (κ2) is 70.4. The number of carbonyl (C=O) groups is 20. The number of alkyl halides is 1. The van der Waals surface area contributed by atoms with Gasteiger partial charge >= 0.3 is 101 Å². The zero-order valence-electron chi connectivity index (χ0n) is 83.9. The minimum absolute atomic E-state index is 0. The van der Waals surface area contributed by atoms with Gasteiger partial charge in [0.15, 0.2) is 5.41 Å². The number of methoxy groups -OCH3 is 7. The summed E-state index contributed by atoms with van der Waals surface area (Å²) in [5.74, 6) is -8.17. The fourth-order valence-corrected chi connectivity index (χ4v) is 12.3. The summed E-state index contributed by atoms with van der Waals surface area (Å²) < 4.78 is 51.7. The van der Waals surface area contributed by atoms with Crippen molar-refractivity contribution in [3.8, 4) is 12.1 Å². The van der Waals surface area contributed by atoms with E-state index in [9.17, 15) is 101 Å². The summed E-state index contributed by atoms with van der Waals surface area (Å²) in [5, 5.41) is 62.5. The molecule has 5 aliphatic rings. The minimum Gasteiger partial charge on any atom is -1.00 e. The Bertz CT molecular complexity index is 4060. The molecule has 5 heterocycles. The van der Waals surface area contributed by atoms with Crippen molar-refractivity contribution in [2.45, 2.75) is 289 Å². The number of carboxylic acids is 1. The number of carbonyl (C=O) groups excluding carboxylic acids is 19. The number of aliphatic hydroxyl groups excluding tert-OH is 1. The van der Waals surface area contributed by atoms with Crippen molar-refractivity contribution >= 4 is 135 Å². The maximum Gasteiger partial charge on any atom is 1.00 e. The third kappa shape index (κ3) is 63.0. The first-order valence-electron chi connectivity index (χ1n) is 43.3. The molecule has 1 aromatic carbocycles. The van der Waals surface area contributed by atoms with Crippen molar-refractivity contribution in [2.75, 3.05) is 94.9 Å². The number of hydrogen-bond donors (Lipinski definition) is 13. The van der Waals surface area contributed by atoms with E-state index < -0.39 is 128 Å². The van der Waals surface area contributed by atoms with Crippen LogP contribution in [0.1, 0.15) is 253 Å². The first-order valence-corrected chi connectivity index (χ1v) is 44.4. The maximum absolute atomic E-state index is 12.2. The molecule has 5 atom stereocenters. The number of nitrogens with two attached hydrogens (primary N) is 1. The molecule has 0 saturated carbocycles. The molecule has 776 valence electrons. The average molecular weight is 2030 g/mol. The molecule has 48 heteroatoms. The molecular weight excluding hydrogens is 1880 g/mol. The molecule has 0 aromatic heterocycles. The number of aliphatic carboxylic acids is 1. The first kappa shape index (κ1) is 134. The number of hydroxylamine groups is 1. The minimum atomic E-state index is -1.95. The Balaban J connectivity index is -0.000000237. The van der Waals surface area contributed by atoms with Gasteiger partial charge in [0.05, 0.1) is 148 Å². The number of benzene rings is 1. The quantitative estimate of drug-likeness (QED) is 0.00877. The molecule has 6 rings (SSSR count). The van der Waals surface area contributed by atoms with Gasteiger partial charge in [0, 0.05) is 74.8 Å². The van der Waals surface area contributed by atoms with E-state index in [1.807, 2.05) is 37.3 Å². The Morgan fingerprint density at radius 3 is 1.15 bits per heavy atom. The molecule has 0 spiro atoms. The summed E-state index contributed by atoms with van der Waals surface area (Å²) in [6, 6.07) is 12.6. The zero-order valence-corrected chi connectivity index (χ0v) is 86.4. The Kier molecular flexibility index (Phi) is 69.0. The van der Waals surface area contributed by atoms with Crippen LogP contribution in [0, 0.1) is 33.5 Å². The van der Waals surface area contributed by atoms with Gasteiger partial charge in [-0.2, -0.15) is 10.5 Å². The number of unbranched alkanes of at least 4 members (excludes halogenated alkanes) is 6. The van der Waals surface area contributed by atoms with E-state index >= 15 is 0 Å². The number of aliphatic hydroxyl groups is 1. The average Bonchev–Trinajstić information content (AvgIpc) is 1.62. The number of nitrogens with one attached hydrogen (secondary N) is 9. The Morgan fingerprint density at radius 1 is 0.467 bits per heavy atom. The van der Waals surface area contributed by atoms with Crippen LogP contribution in [0.3, 0.4) is 0 Å². The van der Waals surface area contributed by atoms with E-state index in [0.29, 0.717) is 25.8 Å². The first-order chi connectivity index (χ1) is 63.4. The number of esters is 10. The Labute approximate surface area is 834 Å². The predicted molar refractivity (Wildman–Crippen MR) is 491 cm³/mol. The van der Waals surface area contributed by atoms with Crippen LogP contribution in [0.25, 0.3) is 0 Å². The Hall–Kier alpha value is -11.2. The van der Waals surface area contributed by atoms with Crippen LogP contribution in [0.4, 0.5) is 4.79 Å². The van der Waals surface area contributed by atoms with Gasteiger partial charge in [-0.3, -0.25) is 96.3 Å². The molecule has 1 aromatic rings. The molecule has 137 heavy (non-hydrogen) atoms. The van der Waals surface area contributed by atoms with Crippen molar-refractivity contribution in [3.05, 3.63) is 35.9 Å². The SMILES string of the molecule is CC(C)(C)OC(=O)CC#N.CCCCCC(=O)NC1(CC(=O)NO)CNC(=O)C1.CCCCCC(=O)NC1(CC(=O)OC)CNC(=O)C1.CCCCCC(=O)O.CO.COC(=O)CBr.COC(=O)CC(C#N)(CC(=O)OC)C(=O)OC(C)(C)C.COC(=O)CC1(C(=O)OC(C)(C)C)CNC(=O)C1.COC(=O)CC1(N)CNC(=O)C1.COC(=O)CC1(NC(=O)OCc2ccccc2)CNC(=O)C1.[H-].[HH].[HH].[Na+]. The number of nitrogens with zero attached hydrogens (tertiary/aromatic N) is 2. The number of amides is 9. The molecule has 5 fully saturated rings. The summed E-state index contributed by atoms with van der Waals surface area (Å²) in [7, 11) is 9.70. The fourth-order valence-electron chi connectivity index (χ4n) is 12.0. The number of rotatable bonds is 35. The van der Waals surface area contributed by atoms with Crippen LogP contribution in [0.15, 0.2) is 30.3 Å². The van der Waals surface area contributed by atoms with Gasteiger partial charge in [0.2, 0.25) is 47.3 Å². The van der Waals surface area contributed by atoms with Crippen LogP contribution in [0.5, 0.6) is 0 Å². The van der Waals surface area contributed by atoms with Crippen LogP contribution in [-0.2, 0) is 150 Å². The number of carboxylic acid groups (broad SMARTS) is 1. The molecular formula is C89H148BrN12NaO34. The molecule has 9 amide bonds. The standard InChI is InChI=1S/C15H18N2O5.C13H22N2O4.C13H19NO6.C12H21N3O4.C12H19NO5.C7H12N2O3.C7H11NO2.C6H12O2.C3H5BrO2.CH4O.Na.2H2.H/c1-21-13(19)8-15(7-12(18)16-10-15)17-14(20)22-9-11-5-3-2-4-6-11;1-3-4-5-6-10(16)15-13(8-12(18)19-2)7-11(17)14-9-13;1-12(2,3)20-11(17)13(8-14,6-9(15)18-4)7-10(16)19-5;1-2-3-4-5-9(16)14-12(7-11(18)15-19)6-10(17)13-8-12;1-11(2,3)18-10(16)12(6-9(15)17-4)5-8(14)13-7-12;1-12-6(11)3-7(8)2-5(10)9-4-7;1-7(2,3)10-6(9)4-5-8;1-2-3-4-5-6(7)8;1-6-3(5)2-4;1-2;;;;/h2-6H,7-10H2,1H3,(H,16,18)(H,17,20);3-9H2,1-2H3,(H,14,17)(H,15,16);6-7H2,1-5H3;19H,2-8H2,1H3,(H,13,17)(H,14,16)(H,15,18);5-7H2,1-4H3,(H,13,14);2-4,8H2,1H3,(H,9,10);4H2,1-3H3;2-5H2,1H3,(H,7,8);2H2,1H3;2H,1H3;;2*1H;/q;;;;;;;;;;+1;;;-1. The van der Waals surface area contributed by atoms with Crippen LogP contribution < -0.4 is 83.3 Å². The van der Waals surface area contributed by atoms with E-state index in [-0.39, 0.29) is 196 Å². The zero-order chi connectivity index (χ0) is 105. The topological polar surface area (TPSA) is 685 Å². The molecule has 5 saturated heterocycles. The molecule has 0 bridgehead atoms. The van der Waals surface area contributed by atoms with E-state index in [4.69, 9.17) is 45.4 Å². The van der Waals surface area contributed by atoms with Gasteiger partial charge in [0.25, 0.3) is 0 Å². The summed E-state index contributed by atoms with van der Waals surface area (Å²) in [4.78, 5) is 226. The van der Waals surface area contributed by atoms with Gasteiger partial charge in [0.1, 0.15) is 40.6 Å². The second-order valence-corrected chi connectivity index (χ2v) is 34.9. The summed E-state index contributed by atoms with van der Waals surface area (Å²) in [6.45, 7) is 22.7. The molecule has 5 unspecified atom stereocenters. The van der Waals surface area contributed by atoms with E-state index in [0.717, 1.165) is 84.7 Å². The van der Waals surface area contributed by atoms with E-state index in [1.54, 1.807) is 74.5 Å². The number of hydrogen-bond acceptors (Lipinski definition) is 36. The maximum atomic E-state index is 12.2. The van der Waals surface area contributed by atoms with Crippen molar-refractivity contribution < 1.29 is 197 Å². The van der Waals surface area contributed by atoms with Gasteiger partial charge in [-0.05, 0) is 87.1 Å². The van der Waals surface area contributed by atoms with Gasteiger partial charge < -0.3 is 112 Å². The molecule has 0 aliphatic carbocycles. The molecule has 14 N–H and O–H groups in total. The van der Waals surface area contributed by atoms with E-state index in [2.05, 4.69) is 105 Å². The van der Waals surface area contributed by atoms with Crippen LogP contribution in [0.2, 0.25) is 0 Å². The summed E-state index contributed by atoms with van der Waals surface area (Å²) in [5.41, 5.74) is -0.467. The monoisotopic (exact) mass is 2030 g/mol. The predicted octanol–water partition coefficient (Wildman–Crippen LogP) is 1.87. The second-order valence-electron chi connectivity index (χ2n) is 34.4. The molecule has 5 aliphatic heterocycles. The van der Waals surface area contributed by atoms with Crippen molar-refractivity contribution in [1.29, 1.82) is 10.5 Å². The summed E-state index contributed by atoms with van der Waals surface area (Å²) in [6.07, 6.45) is 7.78. The van der Waals surface area contributed by atoms with Gasteiger partial charge in [-0.15, -0.1) is 0 Å². The Morgan fingerprint density at radius 2 is 0.832 bits per heavy atom. The van der Waals surface area contributed by atoms with Crippen molar-refractivity contribution in [2.24, 2.45) is 16.6 Å². The number of alkyl carbamates (subject to hydrolysis) is 1. The normalized spacial score (nSPS) is 18.2. The van der Waals surface area contributed by atoms with Crippen molar-refractivity contribution in [1.82, 2.24) is 48.0 Å². The third-order valence-electron chi connectivity index (χ3n) is 18.7. The fraction of sp³-hybridized carbons (Fsp3) is 0.685. The van der Waals surface area contributed by atoms with Gasteiger partial charge in [-0.1, -0.05) is 106 Å². The number of ether oxygens (including phenoxy) is 11. The van der Waals surface area contributed by atoms with Crippen molar-refractivity contribution in [3.63, 3.8) is 0 Å². The van der Waals surface area contributed by atoms with Crippen LogP contribution in [-0.4, -0.2) is 268 Å². The molecule has 0 radical (unpaired) electrons. The summed E-state index contributed by atoms with van der Waals surface area (Å²) >= 11 is 2.90. The van der Waals surface area contributed by atoms with Crippen LogP contribution >= 0.6 is 15.9 Å². The molecule has 46 nitrogen and oxygen atoms in total.